The smallest absolute Gasteiger partial charge is 0.308 e. The molecule has 1 saturated heterocycles. The fourth-order valence-electron chi connectivity index (χ4n) is 10.6. The number of ether oxygens (including phenoxy) is 2. The van der Waals surface area contributed by atoms with Crippen molar-refractivity contribution in [1.29, 1.82) is 0 Å². The van der Waals surface area contributed by atoms with Crippen molar-refractivity contribution in [3.8, 4) is 0 Å². The maximum absolute atomic E-state index is 13.8. The Kier molecular flexibility index (Phi) is 39.4. The van der Waals surface area contributed by atoms with Gasteiger partial charge in [-0.3, -0.25) is 4.79 Å². The summed E-state index contributed by atoms with van der Waals surface area (Å²) in [6, 6.07) is 11.0. The van der Waals surface area contributed by atoms with Gasteiger partial charge in [0.1, 0.15) is 0 Å². The van der Waals surface area contributed by atoms with Gasteiger partial charge in [-0.25, -0.2) is 0 Å². The molecule has 1 heterocycles. The zero-order valence-electron chi connectivity index (χ0n) is 43.7. The van der Waals surface area contributed by atoms with Crippen molar-refractivity contribution in [3.05, 3.63) is 35.9 Å². The van der Waals surface area contributed by atoms with Crippen LogP contribution in [0.1, 0.15) is 284 Å². The summed E-state index contributed by atoms with van der Waals surface area (Å²) in [4.78, 5) is 16.6. The number of rotatable bonds is 47. The third kappa shape index (κ3) is 32.3. The molecule has 0 radical (unpaired) electrons. The lowest BCUT2D eigenvalue weighted by Gasteiger charge is -2.42. The molecule has 0 amide bonds. The topological polar surface area (TPSA) is 38.8 Å². The van der Waals surface area contributed by atoms with Crippen LogP contribution >= 0.6 is 0 Å². The van der Waals surface area contributed by atoms with E-state index in [4.69, 9.17) is 9.47 Å². The summed E-state index contributed by atoms with van der Waals surface area (Å²) in [5.74, 6) is 0.894. The summed E-state index contributed by atoms with van der Waals surface area (Å²) in [7, 11) is 0. The number of nitrogens with zero attached hydrogens (tertiary/aromatic N) is 1. The van der Waals surface area contributed by atoms with Crippen molar-refractivity contribution in [2.45, 2.75) is 285 Å². The molecule has 64 heavy (non-hydrogen) atoms. The lowest BCUT2D eigenvalue weighted by molar-refractivity contribution is -0.150. The zero-order valence-corrected chi connectivity index (χ0v) is 43.7. The third-order valence-corrected chi connectivity index (χ3v) is 15.3. The van der Waals surface area contributed by atoms with Crippen LogP contribution in [0.15, 0.2) is 30.3 Å². The third-order valence-electron chi connectivity index (χ3n) is 15.3. The van der Waals surface area contributed by atoms with E-state index in [9.17, 15) is 4.79 Å². The van der Waals surface area contributed by atoms with Crippen LogP contribution in [0.2, 0.25) is 0 Å². The highest BCUT2D eigenvalue weighted by Crippen LogP contribution is 2.39. The van der Waals surface area contributed by atoms with Crippen LogP contribution in [0, 0.1) is 17.3 Å². The van der Waals surface area contributed by atoms with Crippen molar-refractivity contribution in [2.75, 3.05) is 39.5 Å². The van der Waals surface area contributed by atoms with E-state index in [-0.39, 0.29) is 17.3 Å². The molecule has 4 heteroatoms. The maximum Gasteiger partial charge on any atom is 0.308 e. The summed E-state index contributed by atoms with van der Waals surface area (Å²) in [6.45, 7) is 15.2. The standard InChI is InChI=1S/C60H111NO3/c1-5-9-13-17-21-25-31-42-57(43-32-26-22-18-14-10-6-2)55-63-53-48-60(46-51-61(52-47-60)50-38-30-35-41-56-39-33-29-34-40-56)49-54-64-59(62)58(44-36-27-23-19-15-11-7-3)45-37-28-24-20-16-12-8-4/h29,33-34,39-40,57-58H,5-28,30-32,35-38,41-55H2,1-4H3. The molecule has 0 aromatic heterocycles. The van der Waals surface area contributed by atoms with Gasteiger partial charge in [0, 0.05) is 13.2 Å². The summed E-state index contributed by atoms with van der Waals surface area (Å²) < 4.78 is 13.0. The molecule has 0 saturated carbocycles. The zero-order chi connectivity index (χ0) is 45.9. The van der Waals surface area contributed by atoms with E-state index in [1.807, 2.05) is 0 Å². The van der Waals surface area contributed by atoms with E-state index in [1.165, 1.54) is 256 Å². The Labute approximate surface area is 400 Å². The minimum Gasteiger partial charge on any atom is -0.465 e. The van der Waals surface area contributed by atoms with Gasteiger partial charge in [-0.1, -0.05) is 244 Å². The molecule has 374 valence electrons. The number of esters is 1. The number of benzene rings is 1. The summed E-state index contributed by atoms with van der Waals surface area (Å²) in [5, 5.41) is 0. The number of aryl methyl sites for hydroxylation is 1. The Balaban J connectivity index is 1.96. The van der Waals surface area contributed by atoms with E-state index in [0.29, 0.717) is 12.5 Å². The summed E-state index contributed by atoms with van der Waals surface area (Å²) in [5.41, 5.74) is 1.68. The van der Waals surface area contributed by atoms with Crippen molar-refractivity contribution < 1.29 is 14.3 Å². The highest BCUT2D eigenvalue weighted by molar-refractivity contribution is 5.72. The monoisotopic (exact) mass is 894 g/mol. The molecule has 1 aliphatic heterocycles. The number of carbonyl (C=O) groups is 1. The van der Waals surface area contributed by atoms with Gasteiger partial charge < -0.3 is 14.4 Å². The Morgan fingerprint density at radius 3 is 1.42 bits per heavy atom. The minimum absolute atomic E-state index is 0.0823. The molecule has 0 unspecified atom stereocenters. The number of hydrogen-bond donors (Lipinski definition) is 0. The van der Waals surface area contributed by atoms with Crippen LogP contribution in [0.4, 0.5) is 0 Å². The van der Waals surface area contributed by atoms with E-state index >= 15 is 0 Å². The van der Waals surface area contributed by atoms with Gasteiger partial charge in [0.15, 0.2) is 0 Å². The molecular formula is C60H111NO3. The first-order chi connectivity index (χ1) is 31.6. The Morgan fingerprint density at radius 2 is 0.938 bits per heavy atom. The lowest BCUT2D eigenvalue weighted by atomic mass is 9.73. The van der Waals surface area contributed by atoms with Crippen LogP contribution in [-0.2, 0) is 20.7 Å². The Bertz CT molecular complexity index is 1080. The SMILES string of the molecule is CCCCCCCCCC(CCCCCCCCC)COCCC1(CCOC(=O)C(CCCCCCCCC)CCCCCCCCC)CCN(CCCCCc2ccccc2)CC1. The molecule has 0 aliphatic carbocycles. The van der Waals surface area contributed by atoms with Gasteiger partial charge in [0.05, 0.1) is 12.5 Å². The van der Waals surface area contributed by atoms with Gasteiger partial charge in [-0.15, -0.1) is 0 Å². The van der Waals surface area contributed by atoms with Crippen molar-refractivity contribution in [3.63, 3.8) is 0 Å². The van der Waals surface area contributed by atoms with Gasteiger partial charge in [-0.2, -0.15) is 0 Å². The largest absolute Gasteiger partial charge is 0.465 e. The van der Waals surface area contributed by atoms with E-state index in [0.717, 1.165) is 38.9 Å². The maximum atomic E-state index is 13.8. The molecule has 1 aliphatic rings. The predicted octanol–water partition coefficient (Wildman–Crippen LogP) is 18.6. The number of unbranched alkanes of at least 4 members (excludes halogenated alkanes) is 26. The molecule has 4 nitrogen and oxygen atoms in total. The fourth-order valence-corrected chi connectivity index (χ4v) is 10.6. The molecule has 0 N–H and O–H groups in total. The minimum atomic E-state index is 0.0823. The first-order valence-electron chi connectivity index (χ1n) is 29.1. The fraction of sp³-hybridized carbons (Fsp3) is 0.883. The average molecular weight is 895 g/mol. The Hall–Kier alpha value is -1.39. The van der Waals surface area contributed by atoms with Crippen LogP contribution in [0.3, 0.4) is 0 Å². The van der Waals surface area contributed by atoms with Crippen LogP contribution in [-0.4, -0.2) is 50.3 Å². The second-order valence-corrected chi connectivity index (χ2v) is 21.1. The van der Waals surface area contributed by atoms with Crippen LogP contribution in [0.5, 0.6) is 0 Å². The first kappa shape index (κ1) is 58.7. The van der Waals surface area contributed by atoms with Crippen molar-refractivity contribution in [2.24, 2.45) is 17.3 Å². The molecule has 0 spiro atoms. The molecule has 1 fully saturated rings. The number of carbonyl (C=O) groups excluding carboxylic acids is 1. The van der Waals surface area contributed by atoms with E-state index in [1.54, 1.807) is 0 Å². The van der Waals surface area contributed by atoms with Gasteiger partial charge in [-0.05, 0) is 107 Å². The van der Waals surface area contributed by atoms with E-state index < -0.39 is 0 Å². The molecule has 0 atom stereocenters. The summed E-state index contributed by atoms with van der Waals surface area (Å²) in [6.07, 6.45) is 51.9. The Morgan fingerprint density at radius 1 is 0.516 bits per heavy atom. The van der Waals surface area contributed by atoms with Gasteiger partial charge in [0.2, 0.25) is 0 Å². The highest BCUT2D eigenvalue weighted by Gasteiger charge is 2.35. The number of hydrogen-bond acceptors (Lipinski definition) is 4. The number of likely N-dealkylation sites (tertiary alicyclic amines) is 1. The number of piperidine rings is 1. The molecule has 0 bridgehead atoms. The van der Waals surface area contributed by atoms with Gasteiger partial charge in [0.25, 0.3) is 0 Å². The van der Waals surface area contributed by atoms with Crippen molar-refractivity contribution >= 4 is 5.97 Å². The van der Waals surface area contributed by atoms with Crippen LogP contribution < -0.4 is 0 Å². The lowest BCUT2D eigenvalue weighted by Crippen LogP contribution is -2.42. The highest BCUT2D eigenvalue weighted by atomic mass is 16.5. The average Bonchev–Trinajstić information content (AvgIpc) is 3.31. The van der Waals surface area contributed by atoms with Crippen molar-refractivity contribution in [1.82, 2.24) is 4.90 Å². The van der Waals surface area contributed by atoms with Crippen LogP contribution in [0.25, 0.3) is 0 Å². The molecular weight excluding hydrogens is 783 g/mol. The normalized spacial score (nSPS) is 14.3. The molecule has 1 aromatic rings. The second kappa shape index (κ2) is 42.9. The molecule has 1 aromatic carbocycles. The first-order valence-corrected chi connectivity index (χ1v) is 29.1. The van der Waals surface area contributed by atoms with E-state index in [2.05, 4.69) is 62.9 Å². The summed E-state index contributed by atoms with van der Waals surface area (Å²) >= 11 is 0. The van der Waals surface area contributed by atoms with Gasteiger partial charge >= 0.3 is 5.97 Å². The predicted molar refractivity (Wildman–Crippen MR) is 281 cm³/mol. The quantitative estimate of drug-likeness (QED) is 0.0483. The second-order valence-electron chi connectivity index (χ2n) is 21.1. The molecule has 2 rings (SSSR count).